The first kappa shape index (κ1) is 14.2. The van der Waals surface area contributed by atoms with Crippen molar-refractivity contribution in [1.82, 2.24) is 14.5 Å². The number of benzene rings is 1. The number of aromatic nitrogens is 3. The SMILES string of the molecule is CC(C)c1nccn1CC1CN(c2nccc3ccccc23)C1. The molecule has 23 heavy (non-hydrogen) atoms. The number of rotatable bonds is 4. The van der Waals surface area contributed by atoms with E-state index in [4.69, 9.17) is 0 Å². The fourth-order valence-electron chi connectivity index (χ4n) is 3.47. The standard InChI is InChI=1S/C19H22N4/c1-14(2)18-21-9-10-22(18)11-15-12-23(13-15)19-17-6-4-3-5-16(17)7-8-20-19/h3-10,14-15H,11-13H2,1-2H3. The third-order valence-electron chi connectivity index (χ3n) is 4.63. The first-order valence-electron chi connectivity index (χ1n) is 8.32. The number of anilines is 1. The van der Waals surface area contributed by atoms with Gasteiger partial charge in [-0.15, -0.1) is 0 Å². The van der Waals surface area contributed by atoms with Crippen molar-refractivity contribution >= 4 is 16.6 Å². The lowest BCUT2D eigenvalue weighted by Gasteiger charge is -2.41. The summed E-state index contributed by atoms with van der Waals surface area (Å²) in [7, 11) is 0. The number of hydrogen-bond acceptors (Lipinski definition) is 3. The van der Waals surface area contributed by atoms with Gasteiger partial charge in [0.15, 0.2) is 0 Å². The van der Waals surface area contributed by atoms with E-state index in [2.05, 4.69) is 69.8 Å². The molecule has 0 amide bonds. The minimum atomic E-state index is 0.473. The Bertz CT molecular complexity index is 810. The first-order valence-corrected chi connectivity index (χ1v) is 8.32. The molecule has 3 heterocycles. The van der Waals surface area contributed by atoms with Gasteiger partial charge in [0.1, 0.15) is 11.6 Å². The molecule has 4 heteroatoms. The quantitative estimate of drug-likeness (QED) is 0.737. The van der Waals surface area contributed by atoms with Gasteiger partial charge < -0.3 is 9.47 Å². The van der Waals surface area contributed by atoms with Crippen molar-refractivity contribution in [3.63, 3.8) is 0 Å². The molecule has 0 radical (unpaired) electrons. The van der Waals surface area contributed by atoms with Crippen molar-refractivity contribution in [2.45, 2.75) is 26.3 Å². The Morgan fingerprint density at radius 3 is 2.74 bits per heavy atom. The molecule has 0 unspecified atom stereocenters. The molecule has 0 saturated carbocycles. The lowest BCUT2D eigenvalue weighted by molar-refractivity contribution is 0.349. The maximum absolute atomic E-state index is 4.61. The van der Waals surface area contributed by atoms with Crippen molar-refractivity contribution in [2.24, 2.45) is 5.92 Å². The average Bonchev–Trinajstić information content (AvgIpc) is 2.98. The van der Waals surface area contributed by atoms with E-state index in [0.717, 1.165) is 25.5 Å². The van der Waals surface area contributed by atoms with Crippen LogP contribution in [0.3, 0.4) is 0 Å². The maximum Gasteiger partial charge on any atom is 0.136 e. The highest BCUT2D eigenvalue weighted by molar-refractivity contribution is 5.92. The molecule has 1 aliphatic heterocycles. The van der Waals surface area contributed by atoms with Gasteiger partial charge in [0.2, 0.25) is 0 Å². The summed E-state index contributed by atoms with van der Waals surface area (Å²) in [6.45, 7) is 7.58. The fraction of sp³-hybridized carbons (Fsp3) is 0.368. The Balaban J connectivity index is 1.48. The second kappa shape index (κ2) is 5.69. The minimum absolute atomic E-state index is 0.473. The minimum Gasteiger partial charge on any atom is -0.355 e. The molecule has 0 N–H and O–H groups in total. The molecular weight excluding hydrogens is 284 g/mol. The van der Waals surface area contributed by atoms with Gasteiger partial charge in [-0.2, -0.15) is 0 Å². The highest BCUT2D eigenvalue weighted by Gasteiger charge is 2.29. The molecule has 1 fully saturated rings. The summed E-state index contributed by atoms with van der Waals surface area (Å²) in [6, 6.07) is 10.6. The predicted octanol–water partition coefficient (Wildman–Crippen LogP) is 3.69. The second-order valence-corrected chi connectivity index (χ2v) is 6.72. The van der Waals surface area contributed by atoms with E-state index in [0.29, 0.717) is 11.8 Å². The van der Waals surface area contributed by atoms with Crippen LogP contribution in [0.25, 0.3) is 10.8 Å². The van der Waals surface area contributed by atoms with E-state index in [1.54, 1.807) is 0 Å². The topological polar surface area (TPSA) is 34.0 Å². The fourth-order valence-corrected chi connectivity index (χ4v) is 3.47. The molecule has 0 bridgehead atoms. The van der Waals surface area contributed by atoms with Gasteiger partial charge in [-0.1, -0.05) is 38.1 Å². The second-order valence-electron chi connectivity index (χ2n) is 6.72. The van der Waals surface area contributed by atoms with Crippen LogP contribution in [-0.2, 0) is 6.54 Å². The zero-order valence-electron chi connectivity index (χ0n) is 13.7. The number of hydrogen-bond donors (Lipinski definition) is 0. The smallest absolute Gasteiger partial charge is 0.136 e. The van der Waals surface area contributed by atoms with Crippen LogP contribution < -0.4 is 4.90 Å². The predicted molar refractivity (Wildman–Crippen MR) is 93.8 cm³/mol. The molecule has 1 aromatic carbocycles. The highest BCUT2D eigenvalue weighted by atomic mass is 15.2. The molecule has 2 aromatic heterocycles. The highest BCUT2D eigenvalue weighted by Crippen LogP contribution is 2.30. The van der Waals surface area contributed by atoms with Gasteiger partial charge in [-0.25, -0.2) is 9.97 Å². The summed E-state index contributed by atoms with van der Waals surface area (Å²) in [5, 5.41) is 2.51. The summed E-state index contributed by atoms with van der Waals surface area (Å²) in [5.41, 5.74) is 0. The molecule has 4 nitrogen and oxygen atoms in total. The molecule has 118 valence electrons. The Morgan fingerprint density at radius 1 is 1.09 bits per heavy atom. The number of pyridine rings is 1. The van der Waals surface area contributed by atoms with Crippen LogP contribution in [0.15, 0.2) is 48.9 Å². The van der Waals surface area contributed by atoms with Crippen molar-refractivity contribution in [3.8, 4) is 0 Å². The zero-order chi connectivity index (χ0) is 15.8. The average molecular weight is 306 g/mol. The van der Waals surface area contributed by atoms with Crippen molar-refractivity contribution in [1.29, 1.82) is 0 Å². The largest absolute Gasteiger partial charge is 0.355 e. The summed E-state index contributed by atoms with van der Waals surface area (Å²) < 4.78 is 2.31. The third-order valence-corrected chi connectivity index (χ3v) is 4.63. The molecule has 0 spiro atoms. The maximum atomic E-state index is 4.61. The van der Waals surface area contributed by atoms with Crippen LogP contribution in [0.4, 0.5) is 5.82 Å². The van der Waals surface area contributed by atoms with Crippen LogP contribution in [0.5, 0.6) is 0 Å². The van der Waals surface area contributed by atoms with Gasteiger partial charge >= 0.3 is 0 Å². The van der Waals surface area contributed by atoms with Crippen LogP contribution in [-0.4, -0.2) is 27.6 Å². The Morgan fingerprint density at radius 2 is 1.91 bits per heavy atom. The van der Waals surface area contributed by atoms with Crippen LogP contribution >= 0.6 is 0 Å². The number of nitrogens with zero attached hydrogens (tertiary/aromatic N) is 4. The monoisotopic (exact) mass is 306 g/mol. The van der Waals surface area contributed by atoms with Crippen molar-refractivity contribution < 1.29 is 0 Å². The summed E-state index contributed by atoms with van der Waals surface area (Å²) in [5.74, 6) is 3.45. The molecular formula is C19H22N4. The van der Waals surface area contributed by atoms with E-state index in [1.165, 1.54) is 16.6 Å². The molecule has 0 atom stereocenters. The lowest BCUT2D eigenvalue weighted by atomic mass is 9.98. The van der Waals surface area contributed by atoms with E-state index >= 15 is 0 Å². The van der Waals surface area contributed by atoms with Gasteiger partial charge in [0.25, 0.3) is 0 Å². The Kier molecular flexibility index (Phi) is 3.52. The van der Waals surface area contributed by atoms with E-state index in [1.807, 2.05) is 12.4 Å². The van der Waals surface area contributed by atoms with Gasteiger partial charge in [0, 0.05) is 55.4 Å². The lowest BCUT2D eigenvalue weighted by Crippen LogP contribution is -2.49. The van der Waals surface area contributed by atoms with Crippen LogP contribution in [0.1, 0.15) is 25.6 Å². The first-order chi connectivity index (χ1) is 11.2. The Hall–Kier alpha value is -2.36. The number of fused-ring (bicyclic) bond motifs is 1. The van der Waals surface area contributed by atoms with E-state index in [9.17, 15) is 0 Å². The molecule has 1 saturated heterocycles. The van der Waals surface area contributed by atoms with Crippen LogP contribution in [0, 0.1) is 5.92 Å². The number of imidazole rings is 1. The summed E-state index contributed by atoms with van der Waals surface area (Å²) in [6.07, 6.45) is 5.93. The van der Waals surface area contributed by atoms with E-state index < -0.39 is 0 Å². The molecule has 1 aliphatic rings. The summed E-state index contributed by atoms with van der Waals surface area (Å²) >= 11 is 0. The van der Waals surface area contributed by atoms with Gasteiger partial charge in [-0.05, 0) is 11.5 Å². The Labute approximate surface area is 136 Å². The van der Waals surface area contributed by atoms with Crippen molar-refractivity contribution in [3.05, 3.63) is 54.7 Å². The molecule has 4 rings (SSSR count). The summed E-state index contributed by atoms with van der Waals surface area (Å²) in [4.78, 5) is 11.5. The molecule has 3 aromatic rings. The van der Waals surface area contributed by atoms with Gasteiger partial charge in [0.05, 0.1) is 0 Å². The van der Waals surface area contributed by atoms with Crippen molar-refractivity contribution in [2.75, 3.05) is 18.0 Å². The van der Waals surface area contributed by atoms with Gasteiger partial charge in [-0.3, -0.25) is 0 Å². The third kappa shape index (κ3) is 2.58. The zero-order valence-corrected chi connectivity index (χ0v) is 13.7. The van der Waals surface area contributed by atoms with E-state index in [-0.39, 0.29) is 0 Å². The van der Waals surface area contributed by atoms with Crippen LogP contribution in [0.2, 0.25) is 0 Å². The normalized spacial score (nSPS) is 15.3. The molecule has 0 aliphatic carbocycles.